The van der Waals surface area contributed by atoms with E-state index in [1.807, 2.05) is 12.2 Å². The van der Waals surface area contributed by atoms with Crippen LogP contribution in [0.15, 0.2) is 82.8 Å². The number of rotatable bonds is 4. The Morgan fingerprint density at radius 2 is 2.00 bits per heavy atom. The Bertz CT molecular complexity index is 1250. The fourth-order valence-corrected chi connectivity index (χ4v) is 5.25. The number of ether oxygens (including phenoxy) is 2. The molecule has 1 aromatic rings. The van der Waals surface area contributed by atoms with E-state index in [0.29, 0.717) is 47.1 Å². The largest absolute Gasteiger partial charge is 0.496 e. The molecule has 1 saturated carbocycles. The van der Waals surface area contributed by atoms with E-state index >= 15 is 0 Å². The summed E-state index contributed by atoms with van der Waals surface area (Å²) < 4.78 is 11.5. The lowest BCUT2D eigenvalue weighted by molar-refractivity contribution is -0.162. The van der Waals surface area contributed by atoms with Crippen molar-refractivity contribution in [2.24, 2.45) is 17.6 Å². The monoisotopic (exact) mass is 460 g/mol. The summed E-state index contributed by atoms with van der Waals surface area (Å²) in [6.45, 7) is 4.19. The number of fused-ring (bicyclic) bond motifs is 4. The molecule has 1 heterocycles. The first-order chi connectivity index (χ1) is 16.2. The number of nitrogens with two attached hydrogens (primary N) is 1. The summed E-state index contributed by atoms with van der Waals surface area (Å²) in [7, 11) is 1.47. The van der Waals surface area contributed by atoms with Crippen LogP contribution in [-0.4, -0.2) is 35.2 Å². The van der Waals surface area contributed by atoms with E-state index in [-0.39, 0.29) is 17.1 Å². The van der Waals surface area contributed by atoms with E-state index in [1.165, 1.54) is 7.11 Å². The van der Waals surface area contributed by atoms with Gasteiger partial charge < -0.3 is 25.6 Å². The maximum absolute atomic E-state index is 14.1. The van der Waals surface area contributed by atoms with Crippen LogP contribution in [0.1, 0.15) is 37.0 Å². The van der Waals surface area contributed by atoms with Crippen LogP contribution in [0.4, 0.5) is 0 Å². The van der Waals surface area contributed by atoms with Crippen LogP contribution >= 0.6 is 0 Å². The zero-order valence-corrected chi connectivity index (χ0v) is 19.4. The molecule has 0 aromatic heterocycles. The van der Waals surface area contributed by atoms with Crippen LogP contribution in [0.5, 0.6) is 5.75 Å². The van der Waals surface area contributed by atoms with Gasteiger partial charge in [-0.1, -0.05) is 50.3 Å². The molecule has 3 unspecified atom stereocenters. The van der Waals surface area contributed by atoms with Gasteiger partial charge in [-0.25, -0.2) is 0 Å². The van der Waals surface area contributed by atoms with Crippen molar-refractivity contribution in [2.75, 3.05) is 7.11 Å². The molecule has 1 aliphatic heterocycles. The number of methoxy groups -OCH3 is 1. The molecule has 176 valence electrons. The minimum atomic E-state index is -2.12. The van der Waals surface area contributed by atoms with E-state index < -0.39 is 23.0 Å². The first kappa shape index (κ1) is 22.2. The summed E-state index contributed by atoms with van der Waals surface area (Å²) in [5.74, 6) is -2.05. The van der Waals surface area contributed by atoms with Crippen molar-refractivity contribution in [3.8, 4) is 5.75 Å². The molecule has 0 spiro atoms. The minimum Gasteiger partial charge on any atom is -0.496 e. The summed E-state index contributed by atoms with van der Waals surface area (Å²) in [5.41, 5.74) is 5.92. The number of hydrogen-bond acceptors (Lipinski definition) is 6. The third-order valence-electron chi connectivity index (χ3n) is 7.10. The minimum absolute atomic E-state index is 0.103. The standard InChI is InChI=1S/C27H28N2O5/c1-15(2)16-11-13-18-22(14-12-16)34-27(32)19-8-6-9-20(28)23(19)24(30)26(18,27)29-25(31)17-7-4-5-10-21(17)33-3/h4-5,7-8,10-16,32H,6,9,28H2,1-3H3,(H,29,31). The molecule has 0 saturated heterocycles. The maximum Gasteiger partial charge on any atom is 0.270 e. The van der Waals surface area contributed by atoms with Gasteiger partial charge in [0, 0.05) is 22.4 Å². The highest BCUT2D eigenvalue weighted by atomic mass is 16.6. The number of nitrogens with one attached hydrogen (secondary N) is 1. The quantitative estimate of drug-likeness (QED) is 0.637. The molecule has 1 amide bonds. The zero-order valence-electron chi connectivity index (χ0n) is 19.4. The van der Waals surface area contributed by atoms with Gasteiger partial charge in [-0.3, -0.25) is 9.59 Å². The van der Waals surface area contributed by atoms with Crippen LogP contribution < -0.4 is 15.8 Å². The number of carbonyl (C=O) groups excluding carboxylic acids is 2. The Hall–Kier alpha value is -3.58. The van der Waals surface area contributed by atoms with Gasteiger partial charge in [-0.05, 0) is 42.9 Å². The molecular weight excluding hydrogens is 432 g/mol. The highest BCUT2D eigenvalue weighted by Crippen LogP contribution is 2.57. The Labute approximate surface area is 198 Å². The molecule has 3 atom stereocenters. The predicted octanol–water partition coefficient (Wildman–Crippen LogP) is 3.05. The van der Waals surface area contributed by atoms with E-state index in [4.69, 9.17) is 15.2 Å². The van der Waals surface area contributed by atoms with Gasteiger partial charge in [0.15, 0.2) is 0 Å². The summed E-state index contributed by atoms with van der Waals surface area (Å²) in [4.78, 5) is 27.7. The highest BCUT2D eigenvalue weighted by Gasteiger charge is 2.74. The normalized spacial score (nSPS) is 29.4. The molecule has 1 fully saturated rings. The van der Waals surface area contributed by atoms with Gasteiger partial charge in [-0.2, -0.15) is 0 Å². The topological polar surface area (TPSA) is 111 Å². The summed E-state index contributed by atoms with van der Waals surface area (Å²) in [5, 5.41) is 14.9. The van der Waals surface area contributed by atoms with Crippen molar-refractivity contribution in [3.05, 3.63) is 88.4 Å². The predicted molar refractivity (Wildman–Crippen MR) is 126 cm³/mol. The average molecular weight is 461 g/mol. The lowest BCUT2D eigenvalue weighted by Gasteiger charge is -2.35. The number of ketones is 1. The molecule has 4 aliphatic rings. The van der Waals surface area contributed by atoms with Crippen LogP contribution in [0.2, 0.25) is 0 Å². The second kappa shape index (κ2) is 7.74. The van der Waals surface area contributed by atoms with Crippen molar-refractivity contribution < 1.29 is 24.2 Å². The average Bonchev–Trinajstić information content (AvgIpc) is 3.03. The van der Waals surface area contributed by atoms with Crippen molar-refractivity contribution >= 4 is 11.7 Å². The Morgan fingerprint density at radius 1 is 1.26 bits per heavy atom. The van der Waals surface area contributed by atoms with Crippen molar-refractivity contribution in [1.82, 2.24) is 5.32 Å². The molecule has 3 aliphatic carbocycles. The fraction of sp³-hybridized carbons (Fsp3) is 0.333. The number of carbonyl (C=O) groups is 2. The summed E-state index contributed by atoms with van der Waals surface area (Å²) in [6.07, 6.45) is 10.3. The molecule has 7 heteroatoms. The second-order valence-corrected chi connectivity index (χ2v) is 9.35. The van der Waals surface area contributed by atoms with Crippen molar-refractivity contribution in [2.45, 2.75) is 38.0 Å². The number of allylic oxidation sites excluding steroid dienone is 5. The molecule has 7 nitrogen and oxygen atoms in total. The van der Waals surface area contributed by atoms with Crippen molar-refractivity contribution in [3.63, 3.8) is 0 Å². The first-order valence-corrected chi connectivity index (χ1v) is 11.5. The Balaban J connectivity index is 1.70. The third-order valence-corrected chi connectivity index (χ3v) is 7.10. The van der Waals surface area contributed by atoms with Gasteiger partial charge in [0.25, 0.3) is 11.7 Å². The second-order valence-electron chi connectivity index (χ2n) is 9.35. The molecule has 34 heavy (non-hydrogen) atoms. The van der Waals surface area contributed by atoms with Gasteiger partial charge in [0.1, 0.15) is 11.5 Å². The maximum atomic E-state index is 14.1. The van der Waals surface area contributed by atoms with E-state index in [9.17, 15) is 14.7 Å². The molecule has 5 rings (SSSR count). The Morgan fingerprint density at radius 3 is 2.74 bits per heavy atom. The van der Waals surface area contributed by atoms with Gasteiger partial charge in [0.05, 0.1) is 12.7 Å². The van der Waals surface area contributed by atoms with Crippen LogP contribution in [-0.2, 0) is 9.53 Å². The number of benzene rings is 1. The lowest BCUT2D eigenvalue weighted by atomic mass is 9.82. The lowest BCUT2D eigenvalue weighted by Crippen LogP contribution is -2.64. The number of aliphatic hydroxyl groups is 1. The number of amides is 1. The van der Waals surface area contributed by atoms with Crippen LogP contribution in [0.25, 0.3) is 0 Å². The number of Topliss-reactive ketones (excluding diaryl/α,β-unsaturated/α-hetero) is 1. The number of para-hydroxylation sites is 1. The zero-order chi connectivity index (χ0) is 24.3. The van der Waals surface area contributed by atoms with Crippen molar-refractivity contribution in [1.29, 1.82) is 0 Å². The molecule has 0 bridgehead atoms. The smallest absolute Gasteiger partial charge is 0.270 e. The Kier molecular flexibility index (Phi) is 5.06. The molecule has 0 radical (unpaired) electrons. The fourth-order valence-electron chi connectivity index (χ4n) is 5.25. The van der Waals surface area contributed by atoms with Crippen LogP contribution in [0, 0.1) is 11.8 Å². The number of hydrogen-bond donors (Lipinski definition) is 3. The van der Waals surface area contributed by atoms with Crippen LogP contribution in [0.3, 0.4) is 0 Å². The van der Waals surface area contributed by atoms with Gasteiger partial charge >= 0.3 is 0 Å². The van der Waals surface area contributed by atoms with E-state index in [2.05, 4.69) is 19.2 Å². The van der Waals surface area contributed by atoms with Gasteiger partial charge in [-0.15, -0.1) is 0 Å². The van der Waals surface area contributed by atoms with E-state index in [0.717, 1.165) is 0 Å². The first-order valence-electron chi connectivity index (χ1n) is 11.5. The summed E-state index contributed by atoms with van der Waals surface area (Å²) in [6, 6.07) is 6.72. The van der Waals surface area contributed by atoms with Gasteiger partial charge in [0.2, 0.25) is 11.3 Å². The molecule has 1 aromatic carbocycles. The third kappa shape index (κ3) is 2.86. The van der Waals surface area contributed by atoms with E-state index in [1.54, 1.807) is 42.5 Å². The summed E-state index contributed by atoms with van der Waals surface area (Å²) >= 11 is 0. The molecular formula is C27H28N2O5. The highest BCUT2D eigenvalue weighted by molar-refractivity contribution is 6.18. The SMILES string of the molecule is COc1ccccc1C(=O)NC12C(=O)C3=C(N)CCC=C3C1(O)OC1=C2C=CC(C(C)C)C=C1. The molecule has 4 N–H and O–H groups in total.